The van der Waals surface area contributed by atoms with Gasteiger partial charge in [-0.1, -0.05) is 18.7 Å². The van der Waals surface area contributed by atoms with E-state index < -0.39 is 0 Å². The first-order valence-corrected chi connectivity index (χ1v) is 9.34. The third-order valence-electron chi connectivity index (χ3n) is 4.09. The van der Waals surface area contributed by atoms with Crippen molar-refractivity contribution in [1.82, 2.24) is 9.97 Å². The van der Waals surface area contributed by atoms with Gasteiger partial charge in [-0.25, -0.2) is 14.4 Å². The van der Waals surface area contributed by atoms with Crippen LogP contribution < -0.4 is 10.2 Å². The van der Waals surface area contributed by atoms with Crippen LogP contribution in [-0.4, -0.2) is 34.7 Å². The zero-order valence-electron chi connectivity index (χ0n) is 14.1. The number of carbonyl (C=O) groups is 1. The van der Waals surface area contributed by atoms with Gasteiger partial charge in [-0.15, -0.1) is 0 Å². The molecule has 0 unspecified atom stereocenters. The molecule has 0 saturated carbocycles. The first-order chi connectivity index (χ1) is 12.1. The molecule has 1 aromatic heterocycles. The molecule has 5 nitrogen and oxygen atoms in total. The molecule has 1 aromatic carbocycles. The molecule has 7 heteroatoms. The summed E-state index contributed by atoms with van der Waals surface area (Å²) in [5.41, 5.74) is 0.581. The van der Waals surface area contributed by atoms with Gasteiger partial charge in [0.05, 0.1) is 5.75 Å². The minimum atomic E-state index is -0.326. The summed E-state index contributed by atoms with van der Waals surface area (Å²) in [7, 11) is 0. The van der Waals surface area contributed by atoms with Gasteiger partial charge in [0.15, 0.2) is 0 Å². The second kappa shape index (κ2) is 8.29. The van der Waals surface area contributed by atoms with Gasteiger partial charge < -0.3 is 10.2 Å². The van der Waals surface area contributed by atoms with Gasteiger partial charge in [-0.05, 0) is 43.0 Å². The number of piperidine rings is 1. The zero-order chi connectivity index (χ0) is 17.6. The van der Waals surface area contributed by atoms with Crippen LogP contribution in [0.5, 0.6) is 0 Å². The van der Waals surface area contributed by atoms with E-state index in [-0.39, 0.29) is 17.5 Å². The predicted molar refractivity (Wildman–Crippen MR) is 98.4 cm³/mol. The molecule has 0 spiro atoms. The Morgan fingerprint density at radius 3 is 2.92 bits per heavy atom. The number of hydrogen-bond donors (Lipinski definition) is 1. The lowest BCUT2D eigenvalue weighted by molar-refractivity contribution is -0.113. The number of hydrogen-bond acceptors (Lipinski definition) is 5. The molecule has 0 aliphatic carbocycles. The fourth-order valence-electron chi connectivity index (χ4n) is 2.85. The Labute approximate surface area is 151 Å². The fourth-order valence-corrected chi connectivity index (χ4v) is 3.51. The summed E-state index contributed by atoms with van der Waals surface area (Å²) in [5, 5.41) is 3.52. The summed E-state index contributed by atoms with van der Waals surface area (Å²) >= 11 is 1.37. The van der Waals surface area contributed by atoms with Gasteiger partial charge >= 0.3 is 0 Å². The van der Waals surface area contributed by atoms with Crippen molar-refractivity contribution in [3.8, 4) is 0 Å². The van der Waals surface area contributed by atoms with Crippen LogP contribution in [0, 0.1) is 11.7 Å². The van der Waals surface area contributed by atoms with E-state index in [0.717, 1.165) is 23.9 Å². The summed E-state index contributed by atoms with van der Waals surface area (Å²) in [4.78, 5) is 22.9. The van der Waals surface area contributed by atoms with E-state index >= 15 is 0 Å². The van der Waals surface area contributed by atoms with Crippen LogP contribution in [0.25, 0.3) is 0 Å². The second-order valence-electron chi connectivity index (χ2n) is 6.25. The largest absolute Gasteiger partial charge is 0.356 e. The molecule has 132 valence electrons. The highest BCUT2D eigenvalue weighted by Gasteiger charge is 2.18. The molecule has 1 amide bonds. The maximum atomic E-state index is 12.9. The second-order valence-corrected chi connectivity index (χ2v) is 7.25. The van der Waals surface area contributed by atoms with Crippen LogP contribution in [0.1, 0.15) is 19.8 Å². The number of aromatic nitrogens is 2. The Kier molecular flexibility index (Phi) is 5.86. The molecular weight excluding hydrogens is 339 g/mol. The van der Waals surface area contributed by atoms with E-state index in [1.807, 2.05) is 6.07 Å². The molecule has 1 atom stereocenters. The van der Waals surface area contributed by atoms with Gasteiger partial charge in [0, 0.05) is 24.8 Å². The number of halogens is 1. The van der Waals surface area contributed by atoms with Gasteiger partial charge in [0.25, 0.3) is 0 Å². The fraction of sp³-hybridized carbons (Fsp3) is 0.389. The minimum Gasteiger partial charge on any atom is -0.356 e. The molecule has 2 heterocycles. The lowest BCUT2D eigenvalue weighted by atomic mass is 10.0. The summed E-state index contributed by atoms with van der Waals surface area (Å²) in [6, 6.07) is 7.66. The van der Waals surface area contributed by atoms with Crippen LogP contribution >= 0.6 is 11.8 Å². The molecule has 25 heavy (non-hydrogen) atoms. The van der Waals surface area contributed by atoms with Crippen molar-refractivity contribution >= 4 is 29.2 Å². The molecule has 3 rings (SSSR count). The first-order valence-electron chi connectivity index (χ1n) is 8.35. The highest BCUT2D eigenvalue weighted by Crippen LogP contribution is 2.24. The third kappa shape index (κ3) is 5.16. The van der Waals surface area contributed by atoms with E-state index in [1.165, 1.54) is 48.9 Å². The molecular formula is C18H21FN4OS. The normalized spacial score (nSPS) is 17.4. The average Bonchev–Trinajstić information content (AvgIpc) is 2.62. The maximum Gasteiger partial charge on any atom is 0.234 e. The van der Waals surface area contributed by atoms with E-state index in [1.54, 1.807) is 6.33 Å². The third-order valence-corrected chi connectivity index (χ3v) is 5.01. The maximum absolute atomic E-state index is 12.9. The summed E-state index contributed by atoms with van der Waals surface area (Å²) < 4.78 is 12.9. The average molecular weight is 360 g/mol. The molecule has 0 bridgehead atoms. The molecule has 1 saturated heterocycles. The minimum absolute atomic E-state index is 0.150. The van der Waals surface area contributed by atoms with Crippen molar-refractivity contribution in [2.75, 3.05) is 29.1 Å². The highest BCUT2D eigenvalue weighted by molar-refractivity contribution is 7.99. The van der Waals surface area contributed by atoms with Crippen LogP contribution in [0.15, 0.2) is 41.7 Å². The van der Waals surface area contributed by atoms with Crippen molar-refractivity contribution in [2.45, 2.75) is 24.8 Å². The van der Waals surface area contributed by atoms with E-state index in [0.29, 0.717) is 11.6 Å². The standard InChI is InChI=1S/C18H21FN4OS/c1-13-3-2-8-23(10-13)16-9-18(21-12-20-16)25-11-17(24)22-15-6-4-14(19)5-7-15/h4-7,9,12-13H,2-3,8,10-11H2,1H3,(H,22,24)/t13-/m0/s1. The van der Waals surface area contributed by atoms with Crippen LogP contribution in [0.4, 0.5) is 15.9 Å². The molecule has 1 aliphatic heterocycles. The molecule has 2 aromatic rings. The monoisotopic (exact) mass is 360 g/mol. The Morgan fingerprint density at radius 2 is 2.16 bits per heavy atom. The van der Waals surface area contributed by atoms with E-state index in [9.17, 15) is 9.18 Å². The Balaban J connectivity index is 1.55. The Bertz CT molecular complexity index is 725. The van der Waals surface area contributed by atoms with Gasteiger partial charge in [-0.2, -0.15) is 0 Å². The summed E-state index contributed by atoms with van der Waals surface area (Å²) in [5.74, 6) is 1.35. The number of nitrogens with zero attached hydrogens (tertiary/aromatic N) is 3. The van der Waals surface area contributed by atoms with Crippen molar-refractivity contribution in [3.63, 3.8) is 0 Å². The van der Waals surface area contributed by atoms with Crippen molar-refractivity contribution < 1.29 is 9.18 Å². The predicted octanol–water partition coefficient (Wildman–Crippen LogP) is 3.58. The zero-order valence-corrected chi connectivity index (χ0v) is 14.9. The van der Waals surface area contributed by atoms with Gasteiger partial charge in [-0.3, -0.25) is 4.79 Å². The molecule has 1 fully saturated rings. The summed E-state index contributed by atoms with van der Waals surface area (Å²) in [6.45, 7) is 4.27. The number of thioether (sulfide) groups is 1. The Hall–Kier alpha value is -2.15. The summed E-state index contributed by atoms with van der Waals surface area (Å²) in [6.07, 6.45) is 3.98. The van der Waals surface area contributed by atoms with Crippen LogP contribution in [0.2, 0.25) is 0 Å². The van der Waals surface area contributed by atoms with Gasteiger partial charge in [0.2, 0.25) is 5.91 Å². The SMILES string of the molecule is C[C@H]1CCCN(c2cc(SCC(=O)Nc3ccc(F)cc3)ncn2)C1. The van der Waals surface area contributed by atoms with Crippen molar-refractivity contribution in [1.29, 1.82) is 0 Å². The number of amides is 1. The van der Waals surface area contributed by atoms with Crippen LogP contribution in [-0.2, 0) is 4.79 Å². The highest BCUT2D eigenvalue weighted by atomic mass is 32.2. The molecule has 1 aliphatic rings. The van der Waals surface area contributed by atoms with E-state index in [2.05, 4.69) is 27.1 Å². The first kappa shape index (κ1) is 17.7. The number of benzene rings is 1. The smallest absolute Gasteiger partial charge is 0.234 e. The number of anilines is 2. The van der Waals surface area contributed by atoms with Crippen molar-refractivity contribution in [3.05, 3.63) is 42.5 Å². The lowest BCUT2D eigenvalue weighted by Crippen LogP contribution is -2.34. The quantitative estimate of drug-likeness (QED) is 0.652. The van der Waals surface area contributed by atoms with Crippen molar-refractivity contribution in [2.24, 2.45) is 5.92 Å². The molecule has 1 N–H and O–H groups in total. The van der Waals surface area contributed by atoms with Gasteiger partial charge in [0.1, 0.15) is 23.0 Å². The number of carbonyl (C=O) groups excluding carboxylic acids is 1. The Morgan fingerprint density at radius 1 is 1.36 bits per heavy atom. The van der Waals surface area contributed by atoms with Crippen LogP contribution in [0.3, 0.4) is 0 Å². The lowest BCUT2D eigenvalue weighted by Gasteiger charge is -2.31. The topological polar surface area (TPSA) is 58.1 Å². The van der Waals surface area contributed by atoms with E-state index in [4.69, 9.17) is 0 Å². The number of rotatable bonds is 5. The number of nitrogens with one attached hydrogen (secondary N) is 1. The molecule has 0 radical (unpaired) electrons.